The second kappa shape index (κ2) is 8.26. The molecule has 0 N–H and O–H groups in total. The molecule has 4 nitrogen and oxygen atoms in total. The molecule has 0 aromatic heterocycles. The predicted octanol–water partition coefficient (Wildman–Crippen LogP) is -7.70. The molecule has 0 aliphatic rings. The van der Waals surface area contributed by atoms with Crippen molar-refractivity contribution in [3.05, 3.63) is 0 Å². The van der Waals surface area contributed by atoms with Crippen molar-refractivity contribution in [3.63, 3.8) is 0 Å². The fourth-order valence-electron chi connectivity index (χ4n) is 0.844. The average Bonchev–Trinajstić information content (AvgIpc) is 1.53. The summed E-state index contributed by atoms with van der Waals surface area (Å²) in [5.41, 5.74) is -0.780. The van der Waals surface area contributed by atoms with E-state index in [-0.39, 0.29) is 72.0 Å². The summed E-state index contributed by atoms with van der Waals surface area (Å²) in [5, 5.41) is 20.1. The Hall–Kier alpha value is 0.940. The molecule has 0 spiro atoms. The van der Waals surface area contributed by atoms with Crippen LogP contribution >= 0.6 is 0 Å². The van der Waals surface area contributed by atoms with Gasteiger partial charge in [-0.25, -0.2) is 0 Å². The average molecular weight is 204 g/mol. The van der Waals surface area contributed by atoms with Crippen LogP contribution in [0, 0.1) is 5.41 Å². The van der Waals surface area contributed by atoms with Gasteiger partial charge in [-0.3, -0.25) is 0 Å². The van der Waals surface area contributed by atoms with Gasteiger partial charge in [-0.05, 0) is 18.3 Å². The molecular weight excluding hydrogens is 194 g/mol. The Morgan fingerprint density at radius 1 is 1.00 bits per heavy atom. The summed E-state index contributed by atoms with van der Waals surface area (Å²) in [6.45, 7) is 3.08. The standard InChI is InChI=1S/C7H12O4.2Na/c1-7(2,3-5(8)9)4-6(10)11;;/h3-4H2,1-2H3,(H,8,9)(H,10,11);;/q;2*+1/p-2. The van der Waals surface area contributed by atoms with Crippen molar-refractivity contribution in [2.75, 3.05) is 0 Å². The van der Waals surface area contributed by atoms with E-state index in [0.717, 1.165) is 0 Å². The first-order valence-electron chi connectivity index (χ1n) is 3.23. The monoisotopic (exact) mass is 204 g/mol. The molecule has 0 aliphatic heterocycles. The summed E-state index contributed by atoms with van der Waals surface area (Å²) in [4.78, 5) is 20.1. The van der Waals surface area contributed by atoms with E-state index in [1.165, 1.54) is 0 Å². The molecule has 0 atom stereocenters. The molecule has 0 aromatic carbocycles. The molecule has 0 aromatic rings. The van der Waals surface area contributed by atoms with Gasteiger partial charge >= 0.3 is 59.1 Å². The third kappa shape index (κ3) is 12.9. The number of hydrogen-bond donors (Lipinski definition) is 0. The van der Waals surface area contributed by atoms with Crippen LogP contribution in [0.3, 0.4) is 0 Å². The molecule has 0 bridgehead atoms. The second-order valence-corrected chi connectivity index (χ2v) is 3.26. The van der Waals surface area contributed by atoms with Crippen molar-refractivity contribution in [1.29, 1.82) is 0 Å². The maximum absolute atomic E-state index is 10.1. The van der Waals surface area contributed by atoms with Crippen LogP contribution in [0.25, 0.3) is 0 Å². The summed E-state index contributed by atoms with van der Waals surface area (Å²) in [7, 11) is 0. The van der Waals surface area contributed by atoms with E-state index in [1.54, 1.807) is 13.8 Å². The Morgan fingerprint density at radius 3 is 1.38 bits per heavy atom. The van der Waals surface area contributed by atoms with E-state index in [2.05, 4.69) is 0 Å². The van der Waals surface area contributed by atoms with Gasteiger partial charge in [-0.1, -0.05) is 13.8 Å². The van der Waals surface area contributed by atoms with Crippen LogP contribution in [0.1, 0.15) is 26.7 Å². The Bertz CT molecular complexity index is 161. The molecule has 13 heavy (non-hydrogen) atoms. The van der Waals surface area contributed by atoms with Crippen LogP contribution in [0.4, 0.5) is 0 Å². The Labute approximate surface area is 122 Å². The number of carbonyl (C=O) groups is 2. The van der Waals surface area contributed by atoms with Gasteiger partial charge in [0.05, 0.1) is 0 Å². The smallest absolute Gasteiger partial charge is 0.550 e. The number of hydrogen-bond acceptors (Lipinski definition) is 4. The Kier molecular flexibility index (Phi) is 12.4. The number of carbonyl (C=O) groups excluding carboxylic acids is 2. The van der Waals surface area contributed by atoms with Crippen LogP contribution in [0.15, 0.2) is 0 Å². The van der Waals surface area contributed by atoms with Gasteiger partial charge in [0.1, 0.15) is 0 Å². The summed E-state index contributed by atoms with van der Waals surface area (Å²) in [6.07, 6.45) is -0.526. The molecule has 64 valence electrons. The molecule has 0 saturated carbocycles. The third-order valence-corrected chi connectivity index (χ3v) is 1.25. The van der Waals surface area contributed by atoms with Crippen molar-refractivity contribution < 1.29 is 78.9 Å². The van der Waals surface area contributed by atoms with E-state index in [0.29, 0.717) is 0 Å². The second-order valence-electron chi connectivity index (χ2n) is 3.26. The molecular formula is C7H10Na2O4. The van der Waals surface area contributed by atoms with Crippen LogP contribution in [-0.4, -0.2) is 11.9 Å². The molecule has 0 unspecified atom stereocenters. The van der Waals surface area contributed by atoms with Crippen molar-refractivity contribution in [2.45, 2.75) is 26.7 Å². The molecule has 0 amide bonds. The summed E-state index contributed by atoms with van der Waals surface area (Å²) in [6, 6.07) is 0. The van der Waals surface area contributed by atoms with E-state index in [9.17, 15) is 19.8 Å². The molecule has 0 aliphatic carbocycles. The van der Waals surface area contributed by atoms with E-state index < -0.39 is 17.4 Å². The van der Waals surface area contributed by atoms with Crippen LogP contribution in [0.5, 0.6) is 0 Å². The van der Waals surface area contributed by atoms with Crippen molar-refractivity contribution in [3.8, 4) is 0 Å². The molecule has 0 saturated heterocycles. The zero-order chi connectivity index (χ0) is 9.07. The van der Waals surface area contributed by atoms with Gasteiger partial charge in [-0.2, -0.15) is 0 Å². The van der Waals surface area contributed by atoms with Crippen LogP contribution in [0.2, 0.25) is 0 Å². The largest absolute Gasteiger partial charge is 1.00 e. The quantitative estimate of drug-likeness (QED) is 0.426. The molecule has 0 rings (SSSR count). The number of rotatable bonds is 4. The van der Waals surface area contributed by atoms with Gasteiger partial charge in [-0.15, -0.1) is 0 Å². The van der Waals surface area contributed by atoms with Crippen molar-refractivity contribution >= 4 is 11.9 Å². The fraction of sp³-hybridized carbons (Fsp3) is 0.714. The first kappa shape index (κ1) is 19.5. The van der Waals surface area contributed by atoms with Crippen LogP contribution < -0.4 is 69.3 Å². The molecule has 0 fully saturated rings. The van der Waals surface area contributed by atoms with Crippen molar-refractivity contribution in [2.24, 2.45) is 5.41 Å². The topological polar surface area (TPSA) is 80.3 Å². The zero-order valence-corrected chi connectivity index (χ0v) is 12.5. The number of aliphatic carboxylic acids is 2. The first-order chi connectivity index (χ1) is 4.83. The predicted molar refractivity (Wildman–Crippen MR) is 33.0 cm³/mol. The van der Waals surface area contributed by atoms with Crippen LogP contribution in [-0.2, 0) is 9.59 Å². The number of carboxylic acid groups (broad SMARTS) is 2. The normalized spacial score (nSPS) is 9.38. The summed E-state index contributed by atoms with van der Waals surface area (Å²) < 4.78 is 0. The maximum Gasteiger partial charge on any atom is 1.00 e. The third-order valence-electron chi connectivity index (χ3n) is 1.25. The summed E-state index contributed by atoms with van der Waals surface area (Å²) in [5.74, 6) is -2.48. The summed E-state index contributed by atoms with van der Waals surface area (Å²) >= 11 is 0. The minimum Gasteiger partial charge on any atom is -0.550 e. The number of carboxylic acids is 2. The fourth-order valence-corrected chi connectivity index (χ4v) is 0.844. The first-order valence-corrected chi connectivity index (χ1v) is 3.23. The van der Waals surface area contributed by atoms with Gasteiger partial charge in [0.15, 0.2) is 0 Å². The van der Waals surface area contributed by atoms with Crippen molar-refractivity contribution in [1.82, 2.24) is 0 Å². The SMILES string of the molecule is CC(C)(CC(=O)[O-])CC(=O)[O-].[Na+].[Na+]. The maximum atomic E-state index is 10.1. The Balaban J connectivity index is -0.000000500. The van der Waals surface area contributed by atoms with E-state index in [1.807, 2.05) is 0 Å². The van der Waals surface area contributed by atoms with Gasteiger partial charge < -0.3 is 19.8 Å². The van der Waals surface area contributed by atoms with E-state index in [4.69, 9.17) is 0 Å². The Morgan fingerprint density at radius 2 is 1.23 bits per heavy atom. The van der Waals surface area contributed by atoms with Gasteiger partial charge in [0.25, 0.3) is 0 Å². The zero-order valence-electron chi connectivity index (χ0n) is 8.55. The molecule has 0 radical (unpaired) electrons. The van der Waals surface area contributed by atoms with Gasteiger partial charge in [0, 0.05) is 11.9 Å². The van der Waals surface area contributed by atoms with Gasteiger partial charge in [0.2, 0.25) is 0 Å². The molecule has 6 heteroatoms. The minimum atomic E-state index is -1.24. The minimum absolute atomic E-state index is 0. The van der Waals surface area contributed by atoms with E-state index >= 15 is 0 Å². The molecule has 0 heterocycles.